The lowest BCUT2D eigenvalue weighted by Crippen LogP contribution is -2.40. The molecular weight excluding hydrogens is 482 g/mol. The number of aliphatic imine (C=N–C) groups is 1. The maximum absolute atomic E-state index is 13.2. The fourth-order valence-corrected chi connectivity index (χ4v) is 3.23. The number of carbonyl (C=O) groups is 1. The van der Waals surface area contributed by atoms with Crippen LogP contribution >= 0.6 is 24.0 Å². The summed E-state index contributed by atoms with van der Waals surface area (Å²) in [4.78, 5) is 19.0. The van der Waals surface area contributed by atoms with E-state index >= 15 is 0 Å². The van der Waals surface area contributed by atoms with E-state index < -0.39 is 0 Å². The number of nitrogens with zero attached hydrogens (tertiary/aromatic N) is 2. The number of benzene rings is 2. The van der Waals surface area contributed by atoms with Gasteiger partial charge in [0.1, 0.15) is 5.82 Å². The molecule has 0 atom stereocenters. The number of nitrogens with one attached hydrogen (secondary N) is 2. The third-order valence-electron chi connectivity index (χ3n) is 4.63. The lowest BCUT2D eigenvalue weighted by atomic mass is 10.1. The second kappa shape index (κ2) is 12.4. The van der Waals surface area contributed by atoms with Gasteiger partial charge in [0.2, 0.25) is 5.91 Å². The van der Waals surface area contributed by atoms with Gasteiger partial charge in [0.05, 0.1) is 13.0 Å². The number of anilines is 1. The largest absolute Gasteiger partial charge is 0.354 e. The van der Waals surface area contributed by atoms with Crippen molar-refractivity contribution in [1.29, 1.82) is 0 Å². The molecule has 1 aliphatic heterocycles. The molecule has 2 N–H and O–H groups in total. The standard InChI is InChI=1S/C22H27FN4O.HI/c23-19-9-7-8-18(16-19)17-21(28)24-12-13-25-22(27-14-5-2-6-15-27)26-20-10-3-1-4-11-20;/h1,3-4,7-11,16H,2,5-6,12-15,17H2,(H,24,28)(H,25,26);1H. The van der Waals surface area contributed by atoms with Gasteiger partial charge in [0.15, 0.2) is 5.96 Å². The van der Waals surface area contributed by atoms with Gasteiger partial charge in [-0.1, -0.05) is 30.3 Å². The summed E-state index contributed by atoms with van der Waals surface area (Å²) in [6.07, 6.45) is 3.76. The summed E-state index contributed by atoms with van der Waals surface area (Å²) in [5.74, 6) is 0.398. The lowest BCUT2D eigenvalue weighted by Gasteiger charge is -2.30. The van der Waals surface area contributed by atoms with Crippen molar-refractivity contribution in [1.82, 2.24) is 10.2 Å². The summed E-state index contributed by atoms with van der Waals surface area (Å²) in [6.45, 7) is 2.91. The van der Waals surface area contributed by atoms with Crippen molar-refractivity contribution < 1.29 is 9.18 Å². The van der Waals surface area contributed by atoms with Crippen molar-refractivity contribution in [2.24, 2.45) is 4.99 Å². The van der Waals surface area contributed by atoms with E-state index in [-0.39, 0.29) is 42.1 Å². The van der Waals surface area contributed by atoms with E-state index in [0.29, 0.717) is 18.7 Å². The fraction of sp³-hybridized carbons (Fsp3) is 0.364. The Hall–Kier alpha value is -2.16. The summed E-state index contributed by atoms with van der Waals surface area (Å²) in [7, 11) is 0. The Balaban J connectivity index is 0.00000300. The molecule has 1 saturated heterocycles. The van der Waals surface area contributed by atoms with Crippen LogP contribution in [0.25, 0.3) is 0 Å². The first-order valence-electron chi connectivity index (χ1n) is 9.83. The fourth-order valence-electron chi connectivity index (χ4n) is 3.23. The first kappa shape index (κ1) is 23.1. The Kier molecular flexibility index (Phi) is 9.90. The highest BCUT2D eigenvalue weighted by atomic mass is 127. The second-order valence-electron chi connectivity index (χ2n) is 6.90. The highest BCUT2D eigenvalue weighted by molar-refractivity contribution is 14.0. The van der Waals surface area contributed by atoms with Gasteiger partial charge in [-0.25, -0.2) is 4.39 Å². The number of hydrogen-bond acceptors (Lipinski definition) is 2. The molecule has 2 aromatic carbocycles. The van der Waals surface area contributed by atoms with Crippen molar-refractivity contribution >= 4 is 41.5 Å². The van der Waals surface area contributed by atoms with Crippen LogP contribution in [0, 0.1) is 5.82 Å². The zero-order chi connectivity index (χ0) is 19.6. The van der Waals surface area contributed by atoms with Crippen LogP contribution in [0.5, 0.6) is 0 Å². The van der Waals surface area contributed by atoms with Crippen molar-refractivity contribution in [3.63, 3.8) is 0 Å². The Bertz CT molecular complexity index is 794. The molecule has 7 heteroatoms. The van der Waals surface area contributed by atoms with Gasteiger partial charge < -0.3 is 15.5 Å². The zero-order valence-corrected chi connectivity index (χ0v) is 18.8. The van der Waals surface area contributed by atoms with Crippen molar-refractivity contribution in [3.05, 3.63) is 66.0 Å². The van der Waals surface area contributed by atoms with E-state index in [1.165, 1.54) is 31.4 Å². The lowest BCUT2D eigenvalue weighted by molar-refractivity contribution is -0.120. The molecule has 1 heterocycles. The normalized spacial score (nSPS) is 14.1. The third-order valence-corrected chi connectivity index (χ3v) is 4.63. The zero-order valence-electron chi connectivity index (χ0n) is 16.4. The highest BCUT2D eigenvalue weighted by Gasteiger charge is 2.15. The highest BCUT2D eigenvalue weighted by Crippen LogP contribution is 2.12. The van der Waals surface area contributed by atoms with E-state index in [2.05, 4.69) is 15.5 Å². The quantitative estimate of drug-likeness (QED) is 0.267. The van der Waals surface area contributed by atoms with Crippen LogP contribution in [0.4, 0.5) is 10.1 Å². The predicted octanol–water partition coefficient (Wildman–Crippen LogP) is 4.06. The predicted molar refractivity (Wildman–Crippen MR) is 126 cm³/mol. The number of guanidine groups is 1. The first-order valence-corrected chi connectivity index (χ1v) is 9.83. The first-order chi connectivity index (χ1) is 13.7. The summed E-state index contributed by atoms with van der Waals surface area (Å²) in [6, 6.07) is 16.1. The monoisotopic (exact) mass is 510 g/mol. The molecule has 0 saturated carbocycles. The summed E-state index contributed by atoms with van der Waals surface area (Å²) in [5.41, 5.74) is 1.67. The number of piperidine rings is 1. The molecule has 2 aromatic rings. The summed E-state index contributed by atoms with van der Waals surface area (Å²) in [5, 5.41) is 6.26. The van der Waals surface area contributed by atoms with Crippen LogP contribution in [0.2, 0.25) is 0 Å². The van der Waals surface area contributed by atoms with Crippen LogP contribution < -0.4 is 10.6 Å². The molecule has 1 fully saturated rings. The molecule has 0 aliphatic carbocycles. The minimum absolute atomic E-state index is 0. The Morgan fingerprint density at radius 3 is 2.52 bits per heavy atom. The number of hydrogen-bond donors (Lipinski definition) is 2. The molecule has 0 radical (unpaired) electrons. The number of carbonyl (C=O) groups excluding carboxylic acids is 1. The summed E-state index contributed by atoms with van der Waals surface area (Å²) < 4.78 is 13.2. The van der Waals surface area contributed by atoms with E-state index in [0.717, 1.165) is 24.7 Å². The van der Waals surface area contributed by atoms with Crippen LogP contribution in [-0.2, 0) is 11.2 Å². The van der Waals surface area contributed by atoms with E-state index in [1.54, 1.807) is 12.1 Å². The molecule has 156 valence electrons. The molecule has 3 rings (SSSR count). The molecule has 0 unspecified atom stereocenters. The Morgan fingerprint density at radius 2 is 1.79 bits per heavy atom. The molecule has 0 spiro atoms. The van der Waals surface area contributed by atoms with Gasteiger partial charge >= 0.3 is 0 Å². The van der Waals surface area contributed by atoms with Crippen LogP contribution in [0.1, 0.15) is 24.8 Å². The Morgan fingerprint density at radius 1 is 1.03 bits per heavy atom. The number of amides is 1. The minimum atomic E-state index is -0.326. The maximum Gasteiger partial charge on any atom is 0.224 e. The van der Waals surface area contributed by atoms with E-state index in [4.69, 9.17) is 4.99 Å². The van der Waals surface area contributed by atoms with Crippen molar-refractivity contribution in [3.8, 4) is 0 Å². The molecule has 1 aliphatic rings. The van der Waals surface area contributed by atoms with E-state index in [9.17, 15) is 9.18 Å². The third kappa shape index (κ3) is 8.00. The molecule has 29 heavy (non-hydrogen) atoms. The van der Waals surface area contributed by atoms with Gasteiger partial charge in [0, 0.05) is 25.3 Å². The molecule has 1 amide bonds. The SMILES string of the molecule is I.O=C(Cc1cccc(F)c1)NCCN=C(Nc1ccccc1)N1CCCCC1. The molecule has 0 bridgehead atoms. The van der Waals surface area contributed by atoms with Crippen molar-refractivity contribution in [2.75, 3.05) is 31.5 Å². The number of likely N-dealkylation sites (tertiary alicyclic amines) is 1. The Labute approximate surface area is 188 Å². The van der Waals surface area contributed by atoms with Gasteiger partial charge in [-0.05, 0) is 49.1 Å². The van der Waals surface area contributed by atoms with Gasteiger partial charge in [-0.2, -0.15) is 0 Å². The maximum atomic E-state index is 13.2. The molecular formula is C22H28FIN4O. The number of halogens is 2. The average molecular weight is 510 g/mol. The molecule has 0 aromatic heterocycles. The topological polar surface area (TPSA) is 56.7 Å². The van der Waals surface area contributed by atoms with Crippen molar-refractivity contribution in [2.45, 2.75) is 25.7 Å². The molecule has 5 nitrogen and oxygen atoms in total. The van der Waals surface area contributed by atoms with Gasteiger partial charge in [-0.3, -0.25) is 9.79 Å². The van der Waals surface area contributed by atoms with Crippen LogP contribution in [0.3, 0.4) is 0 Å². The van der Waals surface area contributed by atoms with Crippen LogP contribution in [0.15, 0.2) is 59.6 Å². The van der Waals surface area contributed by atoms with Gasteiger partial charge in [0.25, 0.3) is 0 Å². The van der Waals surface area contributed by atoms with Crippen LogP contribution in [-0.4, -0.2) is 42.9 Å². The smallest absolute Gasteiger partial charge is 0.224 e. The van der Waals surface area contributed by atoms with Gasteiger partial charge in [-0.15, -0.1) is 24.0 Å². The average Bonchev–Trinajstić information content (AvgIpc) is 2.72. The van der Waals surface area contributed by atoms with E-state index in [1.807, 2.05) is 30.3 Å². The number of rotatable bonds is 6. The minimum Gasteiger partial charge on any atom is -0.354 e. The summed E-state index contributed by atoms with van der Waals surface area (Å²) >= 11 is 0. The second-order valence-corrected chi connectivity index (χ2v) is 6.90. The number of para-hydroxylation sites is 1.